The van der Waals surface area contributed by atoms with E-state index in [2.05, 4.69) is 17.2 Å². The lowest BCUT2D eigenvalue weighted by molar-refractivity contribution is 0.0780. The number of carbonyl (C=O) groups is 1. The van der Waals surface area contributed by atoms with Gasteiger partial charge in [-0.25, -0.2) is 4.68 Å². The molecule has 0 spiro atoms. The maximum atomic E-state index is 12.5. The Balaban J connectivity index is 1.57. The molecule has 5 nitrogen and oxygen atoms in total. The van der Waals surface area contributed by atoms with E-state index in [0.29, 0.717) is 11.6 Å². The van der Waals surface area contributed by atoms with Gasteiger partial charge in [0.1, 0.15) is 5.69 Å². The van der Waals surface area contributed by atoms with Gasteiger partial charge in [-0.05, 0) is 30.5 Å². The Kier molecular flexibility index (Phi) is 4.81. The van der Waals surface area contributed by atoms with Crippen molar-refractivity contribution in [2.45, 2.75) is 11.3 Å². The van der Waals surface area contributed by atoms with E-state index >= 15 is 0 Å². The third-order valence-corrected chi connectivity index (χ3v) is 5.23. The highest BCUT2D eigenvalue weighted by molar-refractivity contribution is 7.99. The van der Waals surface area contributed by atoms with E-state index < -0.39 is 0 Å². The second kappa shape index (κ2) is 7.00. The number of nitrogens with zero attached hydrogens (tertiary/aromatic N) is 3. The molecular formula is C17H19N3O2S. The summed E-state index contributed by atoms with van der Waals surface area (Å²) in [6, 6.07) is 13.2. The van der Waals surface area contributed by atoms with Crippen LogP contribution in [0.3, 0.4) is 0 Å². The first-order chi connectivity index (χ1) is 11.1. The van der Waals surface area contributed by atoms with Crippen molar-refractivity contribution < 1.29 is 4.79 Å². The monoisotopic (exact) mass is 329 g/mol. The van der Waals surface area contributed by atoms with Crippen LogP contribution in [0.15, 0.2) is 52.2 Å². The third kappa shape index (κ3) is 3.82. The average Bonchev–Trinajstić information content (AvgIpc) is 3.05. The highest BCUT2D eigenvalue weighted by Crippen LogP contribution is 2.26. The van der Waals surface area contributed by atoms with E-state index in [1.807, 2.05) is 34.9 Å². The lowest BCUT2D eigenvalue weighted by Gasteiger charge is -2.16. The number of rotatable bonds is 4. The minimum atomic E-state index is -0.208. The van der Waals surface area contributed by atoms with Crippen LogP contribution in [0.4, 0.5) is 0 Å². The molecule has 1 atom stereocenters. The summed E-state index contributed by atoms with van der Waals surface area (Å²) in [5.41, 5.74) is 0.128. The Morgan fingerprint density at radius 1 is 1.26 bits per heavy atom. The standard InChI is InChI=1S/C17H19N3O2S/c1-19-16(21)8-7-15(18-19)17(22)20-10-9-13(11-20)12-23-14-5-3-2-4-6-14/h2-8,13H,9-12H2,1H3. The summed E-state index contributed by atoms with van der Waals surface area (Å²) in [7, 11) is 1.56. The van der Waals surface area contributed by atoms with Crippen LogP contribution in [0, 0.1) is 5.92 Å². The summed E-state index contributed by atoms with van der Waals surface area (Å²) in [5, 5.41) is 4.04. The van der Waals surface area contributed by atoms with Crippen LogP contribution >= 0.6 is 11.8 Å². The normalized spacial score (nSPS) is 17.4. The van der Waals surface area contributed by atoms with E-state index in [0.717, 1.165) is 25.3 Å². The number of carbonyl (C=O) groups excluding carboxylic acids is 1. The fourth-order valence-electron chi connectivity index (χ4n) is 2.66. The Morgan fingerprint density at radius 3 is 2.78 bits per heavy atom. The number of likely N-dealkylation sites (tertiary alicyclic amines) is 1. The Morgan fingerprint density at radius 2 is 2.04 bits per heavy atom. The molecule has 1 aliphatic heterocycles. The van der Waals surface area contributed by atoms with Gasteiger partial charge in [0.15, 0.2) is 0 Å². The first-order valence-electron chi connectivity index (χ1n) is 7.65. The van der Waals surface area contributed by atoms with Crippen LogP contribution in [0.5, 0.6) is 0 Å². The zero-order valence-electron chi connectivity index (χ0n) is 13.0. The van der Waals surface area contributed by atoms with Crippen LogP contribution < -0.4 is 5.56 Å². The second-order valence-corrected chi connectivity index (χ2v) is 6.80. The highest BCUT2D eigenvalue weighted by atomic mass is 32.2. The van der Waals surface area contributed by atoms with Crippen molar-refractivity contribution in [1.82, 2.24) is 14.7 Å². The fraction of sp³-hybridized carbons (Fsp3) is 0.353. The molecule has 0 radical (unpaired) electrons. The molecule has 1 unspecified atom stereocenters. The van der Waals surface area contributed by atoms with Crippen LogP contribution in [-0.4, -0.2) is 39.4 Å². The van der Waals surface area contributed by atoms with Crippen molar-refractivity contribution in [3.8, 4) is 0 Å². The van der Waals surface area contributed by atoms with Crippen molar-refractivity contribution >= 4 is 17.7 Å². The minimum Gasteiger partial charge on any atom is -0.337 e. The molecule has 1 amide bonds. The maximum absolute atomic E-state index is 12.5. The smallest absolute Gasteiger partial charge is 0.274 e. The lowest BCUT2D eigenvalue weighted by Crippen LogP contribution is -2.32. The Labute approximate surface area is 139 Å². The number of thioether (sulfide) groups is 1. The number of amides is 1. The Bertz CT molecular complexity index is 745. The molecule has 3 rings (SSSR count). The van der Waals surface area contributed by atoms with Crippen LogP contribution in [0.1, 0.15) is 16.9 Å². The van der Waals surface area contributed by atoms with E-state index in [4.69, 9.17) is 0 Å². The molecule has 1 aliphatic rings. The number of benzene rings is 1. The molecule has 1 fully saturated rings. The molecule has 0 saturated carbocycles. The zero-order chi connectivity index (χ0) is 16.2. The van der Waals surface area contributed by atoms with Gasteiger partial charge in [-0.15, -0.1) is 11.8 Å². The van der Waals surface area contributed by atoms with E-state index in [9.17, 15) is 9.59 Å². The van der Waals surface area contributed by atoms with E-state index in [1.54, 1.807) is 7.05 Å². The second-order valence-electron chi connectivity index (χ2n) is 5.71. The quantitative estimate of drug-likeness (QED) is 0.806. The minimum absolute atomic E-state index is 0.0900. The molecule has 1 aromatic carbocycles. The summed E-state index contributed by atoms with van der Waals surface area (Å²) < 4.78 is 1.20. The van der Waals surface area contributed by atoms with Gasteiger partial charge < -0.3 is 4.90 Å². The van der Waals surface area contributed by atoms with Gasteiger partial charge in [0.25, 0.3) is 11.5 Å². The predicted octanol–water partition coefficient (Wildman–Crippen LogP) is 2.03. The van der Waals surface area contributed by atoms with Gasteiger partial charge in [0.05, 0.1) is 0 Å². The van der Waals surface area contributed by atoms with E-state index in [1.165, 1.54) is 21.7 Å². The highest BCUT2D eigenvalue weighted by Gasteiger charge is 2.27. The summed E-state index contributed by atoms with van der Waals surface area (Å²) in [6.07, 6.45) is 1.01. The molecule has 6 heteroatoms. The van der Waals surface area contributed by atoms with Crippen molar-refractivity contribution in [1.29, 1.82) is 0 Å². The molecule has 1 aromatic heterocycles. The number of hydrogen-bond acceptors (Lipinski definition) is 4. The summed E-state index contributed by atoms with van der Waals surface area (Å²) in [4.78, 5) is 26.9. The Hall–Kier alpha value is -2.08. The van der Waals surface area contributed by atoms with Gasteiger partial charge in [-0.1, -0.05) is 18.2 Å². The fourth-order valence-corrected chi connectivity index (χ4v) is 3.71. The van der Waals surface area contributed by atoms with Gasteiger partial charge in [0, 0.05) is 36.9 Å². The van der Waals surface area contributed by atoms with Gasteiger partial charge >= 0.3 is 0 Å². The van der Waals surface area contributed by atoms with Crippen LogP contribution in [0.2, 0.25) is 0 Å². The predicted molar refractivity (Wildman–Crippen MR) is 90.7 cm³/mol. The summed E-state index contributed by atoms with van der Waals surface area (Å²) in [5.74, 6) is 1.42. The SMILES string of the molecule is Cn1nc(C(=O)N2CCC(CSc3ccccc3)C2)ccc1=O. The molecule has 1 saturated heterocycles. The van der Waals surface area contributed by atoms with Gasteiger partial charge in [-0.2, -0.15) is 5.10 Å². The summed E-state index contributed by atoms with van der Waals surface area (Å²) >= 11 is 1.83. The molecule has 23 heavy (non-hydrogen) atoms. The molecule has 0 N–H and O–H groups in total. The molecule has 2 aromatic rings. The molecule has 0 bridgehead atoms. The van der Waals surface area contributed by atoms with Crippen LogP contribution in [-0.2, 0) is 7.05 Å². The number of aromatic nitrogens is 2. The molecule has 2 heterocycles. The van der Waals surface area contributed by atoms with Crippen molar-refractivity contribution in [3.63, 3.8) is 0 Å². The zero-order valence-corrected chi connectivity index (χ0v) is 13.8. The lowest BCUT2D eigenvalue weighted by atomic mass is 10.2. The first kappa shape index (κ1) is 15.8. The first-order valence-corrected chi connectivity index (χ1v) is 8.63. The van der Waals surface area contributed by atoms with E-state index in [-0.39, 0.29) is 11.5 Å². The van der Waals surface area contributed by atoms with Gasteiger partial charge in [-0.3, -0.25) is 9.59 Å². The van der Waals surface area contributed by atoms with Crippen molar-refractivity contribution in [3.05, 3.63) is 58.5 Å². The molecule has 0 aliphatic carbocycles. The maximum Gasteiger partial charge on any atom is 0.274 e. The number of aryl methyl sites for hydroxylation is 1. The topological polar surface area (TPSA) is 55.2 Å². The number of hydrogen-bond donors (Lipinski definition) is 0. The molecular weight excluding hydrogens is 310 g/mol. The van der Waals surface area contributed by atoms with Gasteiger partial charge in [0.2, 0.25) is 0 Å². The van der Waals surface area contributed by atoms with Crippen LogP contribution in [0.25, 0.3) is 0 Å². The molecule has 120 valence electrons. The third-order valence-electron chi connectivity index (χ3n) is 3.98. The van der Waals surface area contributed by atoms with Crippen molar-refractivity contribution in [2.75, 3.05) is 18.8 Å². The van der Waals surface area contributed by atoms with Crippen molar-refractivity contribution in [2.24, 2.45) is 13.0 Å². The summed E-state index contributed by atoms with van der Waals surface area (Å²) in [6.45, 7) is 1.51. The largest absolute Gasteiger partial charge is 0.337 e. The average molecular weight is 329 g/mol.